The predicted octanol–water partition coefficient (Wildman–Crippen LogP) is 7.44. The van der Waals surface area contributed by atoms with Crippen LogP contribution in [0, 0.1) is 0 Å². The second kappa shape index (κ2) is 11.3. The van der Waals surface area contributed by atoms with Gasteiger partial charge in [0.15, 0.2) is 0 Å². The van der Waals surface area contributed by atoms with Crippen molar-refractivity contribution in [3.8, 4) is 0 Å². The van der Waals surface area contributed by atoms with Gasteiger partial charge < -0.3 is 4.90 Å². The second-order valence-corrected chi connectivity index (χ2v) is 8.13. The second-order valence-electron chi connectivity index (χ2n) is 8.13. The van der Waals surface area contributed by atoms with Gasteiger partial charge in [-0.3, -0.25) is 4.99 Å². The minimum atomic E-state index is 0.235. The van der Waals surface area contributed by atoms with Crippen molar-refractivity contribution in [1.82, 2.24) is 4.90 Å². The summed E-state index contributed by atoms with van der Waals surface area (Å²) in [6.07, 6.45) is 14.4. The lowest BCUT2D eigenvalue weighted by Gasteiger charge is -2.27. The van der Waals surface area contributed by atoms with E-state index in [1.165, 1.54) is 11.1 Å². The van der Waals surface area contributed by atoms with Crippen LogP contribution in [0.15, 0.2) is 71.9 Å². The smallest absolute Gasteiger partial charge is 0.0860 e. The zero-order valence-electron chi connectivity index (χ0n) is 19.4. The Kier molecular flexibility index (Phi) is 8.86. The van der Waals surface area contributed by atoms with Gasteiger partial charge in [-0.1, -0.05) is 87.5 Å². The lowest BCUT2D eigenvalue weighted by molar-refractivity contribution is 0.439. The molecule has 0 aliphatic heterocycles. The highest BCUT2D eigenvalue weighted by molar-refractivity contribution is 5.84. The fourth-order valence-corrected chi connectivity index (χ4v) is 3.32. The molecule has 0 spiro atoms. The number of rotatable bonds is 9. The summed E-state index contributed by atoms with van der Waals surface area (Å²) in [5.74, 6) is 0. The number of benzene rings is 2. The molecule has 0 aliphatic carbocycles. The molecule has 0 radical (unpaired) electrons. The Morgan fingerprint density at radius 1 is 0.900 bits per heavy atom. The van der Waals surface area contributed by atoms with E-state index in [-0.39, 0.29) is 5.41 Å². The van der Waals surface area contributed by atoms with Crippen molar-refractivity contribution in [2.75, 3.05) is 14.1 Å². The first-order valence-electron chi connectivity index (χ1n) is 10.8. The van der Waals surface area contributed by atoms with Gasteiger partial charge in [-0.2, -0.15) is 0 Å². The van der Waals surface area contributed by atoms with Crippen LogP contribution in [0.2, 0.25) is 0 Å². The van der Waals surface area contributed by atoms with E-state index in [9.17, 15) is 0 Å². The lowest BCUT2D eigenvalue weighted by Crippen LogP contribution is -2.19. The molecule has 0 N–H and O–H groups in total. The van der Waals surface area contributed by atoms with Crippen LogP contribution in [0.1, 0.15) is 62.8 Å². The molecule has 2 heteroatoms. The largest absolute Gasteiger partial charge is 0.382 e. The van der Waals surface area contributed by atoms with Crippen molar-refractivity contribution >= 4 is 24.1 Å². The van der Waals surface area contributed by atoms with Gasteiger partial charge in [0.05, 0.1) is 5.70 Å². The predicted molar refractivity (Wildman–Crippen MR) is 135 cm³/mol. The fraction of sp³-hybridized carbons (Fsp3) is 0.321. The summed E-state index contributed by atoms with van der Waals surface area (Å²) in [4.78, 5) is 6.76. The van der Waals surface area contributed by atoms with Gasteiger partial charge in [-0.15, -0.1) is 0 Å². The van der Waals surface area contributed by atoms with Gasteiger partial charge in [0.25, 0.3) is 0 Å². The Morgan fingerprint density at radius 2 is 1.47 bits per heavy atom. The number of hydrogen-bond donors (Lipinski definition) is 0. The molecule has 2 aromatic carbocycles. The van der Waals surface area contributed by atoms with E-state index in [4.69, 9.17) is 4.99 Å². The quantitative estimate of drug-likeness (QED) is 0.399. The molecule has 0 amide bonds. The van der Waals surface area contributed by atoms with Crippen LogP contribution in [-0.4, -0.2) is 25.2 Å². The van der Waals surface area contributed by atoms with Gasteiger partial charge in [-0.25, -0.2) is 0 Å². The minimum Gasteiger partial charge on any atom is -0.382 e. The highest BCUT2D eigenvalue weighted by Crippen LogP contribution is 2.31. The number of aliphatic imine (C=N–C) groups is 1. The van der Waals surface area contributed by atoms with Crippen LogP contribution < -0.4 is 0 Å². The van der Waals surface area contributed by atoms with Crippen LogP contribution in [0.5, 0.6) is 0 Å². The molecule has 0 atom stereocenters. The van der Waals surface area contributed by atoms with Gasteiger partial charge in [0, 0.05) is 32.1 Å². The maximum absolute atomic E-state index is 4.72. The van der Waals surface area contributed by atoms with Crippen LogP contribution in [0.3, 0.4) is 0 Å². The number of allylic oxidation sites excluding steroid dienone is 2. The van der Waals surface area contributed by atoms with E-state index in [1.807, 2.05) is 44.3 Å². The Bertz CT molecular complexity index is 891. The molecule has 30 heavy (non-hydrogen) atoms. The maximum atomic E-state index is 4.72. The first kappa shape index (κ1) is 23.4. The molecular formula is C28H36N2. The van der Waals surface area contributed by atoms with Crippen molar-refractivity contribution in [3.63, 3.8) is 0 Å². The Hall–Kier alpha value is -2.87. The van der Waals surface area contributed by atoms with Crippen LogP contribution >= 0.6 is 0 Å². The van der Waals surface area contributed by atoms with Crippen LogP contribution in [0.4, 0.5) is 0 Å². The number of hydrogen-bond acceptors (Lipinski definition) is 2. The summed E-state index contributed by atoms with van der Waals surface area (Å²) in [7, 11) is 4.05. The average Bonchev–Trinajstić information content (AvgIpc) is 2.76. The van der Waals surface area contributed by atoms with Crippen molar-refractivity contribution in [3.05, 3.63) is 89.1 Å². The molecule has 0 saturated carbocycles. The summed E-state index contributed by atoms with van der Waals surface area (Å²) in [6.45, 7) is 8.90. The molecule has 2 nitrogen and oxygen atoms in total. The Morgan fingerprint density at radius 3 is 1.97 bits per heavy atom. The number of nitrogens with zero attached hydrogens (tertiary/aromatic N) is 2. The summed E-state index contributed by atoms with van der Waals surface area (Å²) < 4.78 is 0. The molecule has 0 unspecified atom stereocenters. The zero-order chi connectivity index (χ0) is 22.0. The van der Waals surface area contributed by atoms with E-state index in [1.54, 1.807) is 0 Å². The highest BCUT2D eigenvalue weighted by Gasteiger charge is 2.21. The van der Waals surface area contributed by atoms with Gasteiger partial charge in [-0.05, 0) is 47.9 Å². The molecule has 0 saturated heterocycles. The van der Waals surface area contributed by atoms with Crippen molar-refractivity contribution < 1.29 is 0 Å². The molecule has 0 fully saturated rings. The van der Waals surface area contributed by atoms with Gasteiger partial charge >= 0.3 is 0 Å². The van der Waals surface area contributed by atoms with Crippen molar-refractivity contribution in [2.24, 2.45) is 4.99 Å². The third kappa shape index (κ3) is 6.59. The van der Waals surface area contributed by atoms with E-state index in [0.717, 1.165) is 29.7 Å². The molecule has 0 bridgehead atoms. The molecular weight excluding hydrogens is 364 g/mol. The molecule has 2 aromatic rings. The Labute approximate surface area is 183 Å². The third-order valence-electron chi connectivity index (χ3n) is 5.70. The van der Waals surface area contributed by atoms with Gasteiger partial charge in [0.2, 0.25) is 0 Å². The molecule has 158 valence electrons. The zero-order valence-corrected chi connectivity index (χ0v) is 19.4. The summed E-state index contributed by atoms with van der Waals surface area (Å²) >= 11 is 0. The molecule has 0 heterocycles. The van der Waals surface area contributed by atoms with E-state index in [2.05, 4.69) is 87.7 Å². The van der Waals surface area contributed by atoms with Crippen LogP contribution in [-0.2, 0) is 5.41 Å². The lowest BCUT2D eigenvalue weighted by atomic mass is 9.77. The van der Waals surface area contributed by atoms with Crippen molar-refractivity contribution in [1.29, 1.82) is 0 Å². The summed E-state index contributed by atoms with van der Waals surface area (Å²) in [6, 6.07) is 17.4. The average molecular weight is 401 g/mol. The third-order valence-corrected chi connectivity index (χ3v) is 5.70. The summed E-state index contributed by atoms with van der Waals surface area (Å²) in [5, 5.41) is 0. The molecule has 0 aliphatic rings. The molecule has 2 rings (SSSR count). The van der Waals surface area contributed by atoms with E-state index < -0.39 is 0 Å². The SMILES string of the molecule is C/C=C/c1ccc(/C=C/C=N/C(=C\N(C)C)c2ccc(C(C)(CC)CC)cc2)cc1. The topological polar surface area (TPSA) is 15.6 Å². The summed E-state index contributed by atoms with van der Waals surface area (Å²) in [5.41, 5.74) is 6.08. The Balaban J connectivity index is 2.18. The minimum absolute atomic E-state index is 0.235. The standard InChI is InChI=1S/C28H36N2/c1-7-11-23-13-15-24(16-14-23)12-10-21-29-27(22-30(5)6)25-17-19-26(20-18-25)28(4,8-2)9-3/h7,10-22H,8-9H2,1-6H3/b11-7+,12-10+,27-22-,29-21+. The first-order chi connectivity index (χ1) is 14.4. The molecule has 0 aromatic heterocycles. The van der Waals surface area contributed by atoms with E-state index >= 15 is 0 Å². The van der Waals surface area contributed by atoms with E-state index in [0.29, 0.717) is 0 Å². The first-order valence-corrected chi connectivity index (χ1v) is 10.8. The fourth-order valence-electron chi connectivity index (χ4n) is 3.32. The highest BCUT2D eigenvalue weighted by atomic mass is 15.0. The van der Waals surface area contributed by atoms with Crippen molar-refractivity contribution in [2.45, 2.75) is 46.0 Å². The maximum Gasteiger partial charge on any atom is 0.0860 e. The normalized spacial score (nSPS) is 13.1. The monoisotopic (exact) mass is 400 g/mol. The van der Waals surface area contributed by atoms with Crippen LogP contribution in [0.25, 0.3) is 17.8 Å². The van der Waals surface area contributed by atoms with Gasteiger partial charge in [0.1, 0.15) is 0 Å².